The molecule has 1 heterocycles. The number of pyridine rings is 1. The van der Waals surface area contributed by atoms with E-state index >= 15 is 0 Å². The Balaban J connectivity index is 2.65. The molecule has 16 heavy (non-hydrogen) atoms. The van der Waals surface area contributed by atoms with E-state index in [2.05, 4.69) is 4.98 Å². The fraction of sp³-hybridized carbons (Fsp3) is 0.545. The molecule has 0 bridgehead atoms. The molecule has 0 aliphatic rings. The molecular formula is C11H18BN2O2. The third-order valence-electron chi connectivity index (χ3n) is 2.77. The minimum atomic E-state index is -0.928. The van der Waals surface area contributed by atoms with Crippen molar-refractivity contribution in [2.45, 2.75) is 38.9 Å². The highest BCUT2D eigenvalue weighted by atomic mass is 16.5. The van der Waals surface area contributed by atoms with Crippen molar-refractivity contribution in [1.82, 2.24) is 4.98 Å². The number of hydrogen-bond donors (Lipinski definition) is 2. The van der Waals surface area contributed by atoms with Gasteiger partial charge in [-0.1, -0.05) is 0 Å². The molecular weight excluding hydrogens is 203 g/mol. The van der Waals surface area contributed by atoms with Gasteiger partial charge in [0.15, 0.2) is 0 Å². The first-order chi connectivity index (χ1) is 7.22. The van der Waals surface area contributed by atoms with Crippen molar-refractivity contribution in [2.24, 2.45) is 0 Å². The van der Waals surface area contributed by atoms with Crippen molar-refractivity contribution < 1.29 is 9.76 Å². The van der Waals surface area contributed by atoms with E-state index in [1.807, 2.05) is 13.8 Å². The number of nitrogens with zero attached hydrogens (tertiary/aromatic N) is 1. The third kappa shape index (κ3) is 3.22. The van der Waals surface area contributed by atoms with E-state index in [0.29, 0.717) is 5.82 Å². The van der Waals surface area contributed by atoms with Crippen molar-refractivity contribution in [2.75, 3.05) is 5.73 Å². The lowest BCUT2D eigenvalue weighted by atomic mass is 9.83. The fourth-order valence-electron chi connectivity index (χ4n) is 0.898. The Hall–Kier alpha value is -1.07. The van der Waals surface area contributed by atoms with Crippen LogP contribution in [0, 0.1) is 0 Å². The van der Waals surface area contributed by atoms with E-state index in [1.54, 1.807) is 39.7 Å². The number of aliphatic hydroxyl groups is 1. The fourth-order valence-corrected chi connectivity index (χ4v) is 0.898. The SMILES string of the molecule is CC(C)(O)C(C)(C)O[B]c1ccnc(N)c1. The maximum atomic E-state index is 9.90. The smallest absolute Gasteiger partial charge is 0.331 e. The summed E-state index contributed by atoms with van der Waals surface area (Å²) in [5, 5.41) is 9.90. The lowest BCUT2D eigenvalue weighted by Gasteiger charge is -2.37. The van der Waals surface area contributed by atoms with E-state index in [0.717, 1.165) is 5.46 Å². The quantitative estimate of drug-likeness (QED) is 0.725. The van der Waals surface area contributed by atoms with Gasteiger partial charge in [0, 0.05) is 6.20 Å². The van der Waals surface area contributed by atoms with Gasteiger partial charge in [0.25, 0.3) is 0 Å². The van der Waals surface area contributed by atoms with E-state index in [-0.39, 0.29) is 0 Å². The van der Waals surface area contributed by atoms with Gasteiger partial charge in [-0.2, -0.15) is 0 Å². The van der Waals surface area contributed by atoms with Gasteiger partial charge in [0.1, 0.15) is 5.82 Å². The van der Waals surface area contributed by atoms with Gasteiger partial charge >= 0.3 is 7.48 Å². The van der Waals surface area contributed by atoms with Gasteiger partial charge in [-0.25, -0.2) is 4.98 Å². The van der Waals surface area contributed by atoms with Crippen LogP contribution in [-0.4, -0.2) is 28.8 Å². The molecule has 0 aliphatic heterocycles. The van der Waals surface area contributed by atoms with Gasteiger partial charge in [0.05, 0.1) is 11.2 Å². The highest BCUT2D eigenvalue weighted by molar-refractivity contribution is 6.47. The normalized spacial score (nSPS) is 12.6. The molecule has 1 rings (SSSR count). The summed E-state index contributed by atoms with van der Waals surface area (Å²) >= 11 is 0. The van der Waals surface area contributed by atoms with Gasteiger partial charge in [-0.15, -0.1) is 0 Å². The number of anilines is 1. The summed E-state index contributed by atoms with van der Waals surface area (Å²) in [5.41, 5.74) is 4.77. The van der Waals surface area contributed by atoms with Crippen LogP contribution in [0.4, 0.5) is 5.82 Å². The van der Waals surface area contributed by atoms with Crippen molar-refractivity contribution in [3.63, 3.8) is 0 Å². The molecule has 0 unspecified atom stereocenters. The summed E-state index contributed by atoms with van der Waals surface area (Å²) in [4.78, 5) is 3.89. The van der Waals surface area contributed by atoms with Crippen LogP contribution in [0.25, 0.3) is 0 Å². The van der Waals surface area contributed by atoms with Crippen LogP contribution in [-0.2, 0) is 4.65 Å². The maximum absolute atomic E-state index is 9.90. The van der Waals surface area contributed by atoms with Gasteiger partial charge in [0.2, 0.25) is 0 Å². The Bertz CT molecular complexity index is 361. The Morgan fingerprint density at radius 1 is 1.38 bits per heavy atom. The molecule has 87 valence electrons. The Morgan fingerprint density at radius 2 is 2.00 bits per heavy atom. The first kappa shape index (κ1) is 13.0. The van der Waals surface area contributed by atoms with Crippen molar-refractivity contribution >= 4 is 18.8 Å². The van der Waals surface area contributed by atoms with Crippen LogP contribution in [0.2, 0.25) is 0 Å². The third-order valence-corrected chi connectivity index (χ3v) is 2.77. The first-order valence-electron chi connectivity index (χ1n) is 5.17. The monoisotopic (exact) mass is 221 g/mol. The first-order valence-corrected chi connectivity index (χ1v) is 5.17. The van der Waals surface area contributed by atoms with Crippen LogP contribution >= 0.6 is 0 Å². The standard InChI is InChI=1S/C11H18BN2O2/c1-10(2,15)11(3,4)16-12-8-5-6-14-9(13)7-8/h5-7,15H,1-4H3,(H2,13,14). The Kier molecular flexibility index (Phi) is 3.60. The average Bonchev–Trinajstić information content (AvgIpc) is 2.13. The minimum absolute atomic E-state index is 0.443. The zero-order valence-corrected chi connectivity index (χ0v) is 10.2. The molecule has 0 amide bonds. The molecule has 1 aromatic rings. The van der Waals surface area contributed by atoms with Crippen molar-refractivity contribution in [3.8, 4) is 0 Å². The van der Waals surface area contributed by atoms with Gasteiger partial charge in [-0.3, -0.25) is 0 Å². The highest BCUT2D eigenvalue weighted by Crippen LogP contribution is 2.24. The molecule has 0 fully saturated rings. The second kappa shape index (κ2) is 4.43. The van der Waals surface area contributed by atoms with Crippen LogP contribution in [0.5, 0.6) is 0 Å². The Morgan fingerprint density at radius 3 is 2.50 bits per heavy atom. The molecule has 1 radical (unpaired) electrons. The molecule has 0 saturated heterocycles. The molecule has 5 heteroatoms. The minimum Gasteiger partial charge on any atom is -0.427 e. The molecule has 3 N–H and O–H groups in total. The number of nitrogens with two attached hydrogens (primary N) is 1. The van der Waals surface area contributed by atoms with Gasteiger partial charge < -0.3 is 15.5 Å². The number of nitrogen functional groups attached to an aromatic ring is 1. The van der Waals surface area contributed by atoms with Crippen LogP contribution in [0.1, 0.15) is 27.7 Å². The highest BCUT2D eigenvalue weighted by Gasteiger charge is 2.35. The van der Waals surface area contributed by atoms with Crippen LogP contribution in [0.3, 0.4) is 0 Å². The topological polar surface area (TPSA) is 68.4 Å². The summed E-state index contributed by atoms with van der Waals surface area (Å²) in [6.07, 6.45) is 1.61. The van der Waals surface area contributed by atoms with Gasteiger partial charge in [-0.05, 0) is 45.3 Å². The zero-order chi connectivity index (χ0) is 12.4. The van der Waals surface area contributed by atoms with E-state index < -0.39 is 11.2 Å². The molecule has 0 aliphatic carbocycles. The van der Waals surface area contributed by atoms with Crippen LogP contribution < -0.4 is 11.2 Å². The number of rotatable bonds is 4. The van der Waals surface area contributed by atoms with Crippen LogP contribution in [0.15, 0.2) is 18.3 Å². The summed E-state index contributed by atoms with van der Waals surface area (Å²) in [6.45, 7) is 7.07. The molecule has 1 aromatic heterocycles. The van der Waals surface area contributed by atoms with Crippen molar-refractivity contribution in [3.05, 3.63) is 18.3 Å². The molecule has 0 spiro atoms. The predicted molar refractivity (Wildman–Crippen MR) is 65.5 cm³/mol. The van der Waals surface area contributed by atoms with E-state index in [9.17, 15) is 5.11 Å². The second-order valence-electron chi connectivity index (χ2n) is 4.82. The lowest BCUT2D eigenvalue weighted by Crippen LogP contribution is -2.49. The molecule has 4 nitrogen and oxygen atoms in total. The summed E-state index contributed by atoms with van der Waals surface area (Å²) < 4.78 is 5.58. The van der Waals surface area contributed by atoms with Crippen molar-refractivity contribution in [1.29, 1.82) is 0 Å². The predicted octanol–water partition coefficient (Wildman–Crippen LogP) is 0.474. The summed E-state index contributed by atoms with van der Waals surface area (Å²) in [6, 6.07) is 3.50. The van der Waals surface area contributed by atoms with E-state index in [4.69, 9.17) is 10.4 Å². The number of hydrogen-bond acceptors (Lipinski definition) is 4. The summed E-state index contributed by atoms with van der Waals surface area (Å²) in [5.74, 6) is 0.443. The molecule has 0 aromatic carbocycles. The van der Waals surface area contributed by atoms with E-state index in [1.165, 1.54) is 0 Å². The molecule has 0 saturated carbocycles. The summed E-state index contributed by atoms with van der Waals surface area (Å²) in [7, 11) is 1.58. The largest absolute Gasteiger partial charge is 0.427 e. The Labute approximate surface area is 97.1 Å². The molecule has 0 atom stereocenters. The maximum Gasteiger partial charge on any atom is 0.331 e. The second-order valence-corrected chi connectivity index (χ2v) is 4.82. The number of aromatic nitrogens is 1. The zero-order valence-electron chi connectivity index (χ0n) is 10.2. The average molecular weight is 221 g/mol. The lowest BCUT2D eigenvalue weighted by molar-refractivity contribution is -0.0893.